The van der Waals surface area contributed by atoms with Gasteiger partial charge < -0.3 is 5.21 Å². The van der Waals surface area contributed by atoms with Gasteiger partial charge in [0, 0.05) is 0 Å². The lowest BCUT2D eigenvalue weighted by Crippen LogP contribution is -2.16. The maximum atomic E-state index is 9.19. The lowest BCUT2D eigenvalue weighted by Gasteiger charge is -1.82. The van der Waals surface area contributed by atoms with Gasteiger partial charge in [-0.2, -0.15) is 8.42 Å². The molecule has 74 valence electrons. The first kappa shape index (κ1) is 12.0. The first-order chi connectivity index (χ1) is 5.95. The Morgan fingerprint density at radius 3 is 1.77 bits per heavy atom. The lowest BCUT2D eigenvalue weighted by atomic mass is 10.2. The van der Waals surface area contributed by atoms with Crippen LogP contribution >= 0.6 is 0 Å². The van der Waals surface area contributed by atoms with Crippen molar-refractivity contribution in [2.45, 2.75) is 6.92 Å². The Balaban J connectivity index is 0.000000226. The molecule has 1 aromatic carbocycles. The van der Waals surface area contributed by atoms with Gasteiger partial charge in [0.15, 0.2) is 0 Å². The van der Waals surface area contributed by atoms with Gasteiger partial charge in [-0.25, -0.2) is 0 Å². The van der Waals surface area contributed by atoms with Crippen LogP contribution in [0.4, 0.5) is 0 Å². The van der Waals surface area contributed by atoms with E-state index in [1.807, 2.05) is 18.2 Å². The van der Waals surface area contributed by atoms with Crippen LogP contribution in [-0.4, -0.2) is 18.2 Å². The summed E-state index contributed by atoms with van der Waals surface area (Å²) in [5.74, 6) is 0. The Kier molecular flexibility index (Phi) is 5.24. The van der Waals surface area contributed by atoms with Crippen LogP contribution in [0.15, 0.2) is 30.3 Å². The highest BCUT2D eigenvalue weighted by Crippen LogP contribution is 1.92. The van der Waals surface area contributed by atoms with E-state index in [1.54, 1.807) is 0 Å². The van der Waals surface area contributed by atoms with E-state index in [0.29, 0.717) is 4.89 Å². The number of aryl methyl sites for hydroxylation is 1. The Labute approximate surface area is 76.9 Å². The van der Waals surface area contributed by atoms with Gasteiger partial charge in [-0.1, -0.05) is 40.8 Å². The monoisotopic (exact) mass is 205 g/mol. The molecular formula is C7H11NO4S. The number of rotatable bonds is 1. The molecule has 5 nitrogen and oxygen atoms in total. The minimum absolute atomic E-state index is 0.632. The van der Waals surface area contributed by atoms with Gasteiger partial charge >= 0.3 is 10.3 Å². The van der Waals surface area contributed by atoms with Crippen molar-refractivity contribution in [3.8, 4) is 0 Å². The summed E-state index contributed by atoms with van der Waals surface area (Å²) in [6, 6.07) is 10.3. The van der Waals surface area contributed by atoms with E-state index < -0.39 is 10.3 Å². The molecular weight excluding hydrogens is 194 g/mol. The average Bonchev–Trinajstić information content (AvgIpc) is 2.06. The van der Waals surface area contributed by atoms with E-state index in [4.69, 9.17) is 9.76 Å². The van der Waals surface area contributed by atoms with Gasteiger partial charge in [0.1, 0.15) is 0 Å². The third-order valence-electron chi connectivity index (χ3n) is 1.06. The molecule has 0 aliphatic heterocycles. The summed E-state index contributed by atoms with van der Waals surface area (Å²) in [4.78, 5) is 0.632. The number of hydrogen-bond acceptors (Lipinski definition) is 3. The summed E-state index contributed by atoms with van der Waals surface area (Å²) in [5.41, 5.74) is 1.32. The van der Waals surface area contributed by atoms with Gasteiger partial charge in [-0.3, -0.25) is 4.55 Å². The molecule has 1 rings (SSSR count). The van der Waals surface area contributed by atoms with Gasteiger partial charge in [-0.05, 0) is 6.92 Å². The smallest absolute Gasteiger partial charge is 0.300 e. The van der Waals surface area contributed by atoms with Crippen molar-refractivity contribution in [3.63, 3.8) is 0 Å². The maximum absolute atomic E-state index is 9.19. The second-order valence-electron chi connectivity index (χ2n) is 2.22. The molecule has 0 amide bonds. The molecule has 0 heterocycles. The molecule has 0 aliphatic carbocycles. The summed E-state index contributed by atoms with van der Waals surface area (Å²) in [7, 11) is -4.36. The quantitative estimate of drug-likeness (QED) is 0.466. The minimum Gasteiger partial charge on any atom is -0.300 e. The topological polar surface area (TPSA) is 86.6 Å². The van der Waals surface area contributed by atoms with Crippen molar-refractivity contribution in [2.24, 2.45) is 0 Å². The van der Waals surface area contributed by atoms with Crippen LogP contribution in [0.2, 0.25) is 0 Å². The van der Waals surface area contributed by atoms with E-state index in [-0.39, 0.29) is 0 Å². The Morgan fingerprint density at radius 2 is 1.62 bits per heavy atom. The first-order valence-electron chi connectivity index (χ1n) is 3.35. The number of benzene rings is 1. The zero-order valence-corrected chi connectivity index (χ0v) is 7.82. The predicted octanol–water partition coefficient (Wildman–Crippen LogP) is 0.763. The van der Waals surface area contributed by atoms with Gasteiger partial charge in [-0.15, -0.1) is 0 Å². The molecule has 1 aromatic rings. The molecule has 6 heteroatoms. The van der Waals surface area contributed by atoms with E-state index in [2.05, 4.69) is 19.1 Å². The second-order valence-corrected chi connectivity index (χ2v) is 3.35. The molecule has 0 radical (unpaired) electrons. The zero-order chi connectivity index (χ0) is 10.3. The molecule has 13 heavy (non-hydrogen) atoms. The standard InChI is InChI=1S/C7H8.H3NO4S/c1-7-5-3-2-4-6-7;2-1-6(3,4)5/h2-6H,1H3;1-2H,(H,3,4,5). The van der Waals surface area contributed by atoms with Crippen molar-refractivity contribution in [1.29, 1.82) is 0 Å². The van der Waals surface area contributed by atoms with E-state index >= 15 is 0 Å². The van der Waals surface area contributed by atoms with Crippen molar-refractivity contribution < 1.29 is 18.2 Å². The van der Waals surface area contributed by atoms with Crippen LogP contribution in [0.1, 0.15) is 5.56 Å². The van der Waals surface area contributed by atoms with Gasteiger partial charge in [0.05, 0.1) is 0 Å². The second kappa shape index (κ2) is 5.65. The molecule has 0 unspecified atom stereocenters. The fraction of sp³-hybridized carbons (Fsp3) is 0.143. The Morgan fingerprint density at radius 1 is 1.23 bits per heavy atom. The minimum atomic E-state index is -4.36. The third-order valence-corrected chi connectivity index (χ3v) is 1.29. The fourth-order valence-electron chi connectivity index (χ4n) is 0.534. The summed E-state index contributed by atoms with van der Waals surface area (Å²) < 4.78 is 25.8. The molecule has 0 saturated carbocycles. The Hall–Kier alpha value is -0.950. The first-order valence-corrected chi connectivity index (χ1v) is 4.79. The molecule has 0 aromatic heterocycles. The Bertz CT molecular complexity index is 322. The van der Waals surface area contributed by atoms with Crippen LogP contribution in [0.5, 0.6) is 0 Å². The summed E-state index contributed by atoms with van der Waals surface area (Å²) >= 11 is 0. The largest absolute Gasteiger partial charge is 0.355 e. The fourth-order valence-corrected chi connectivity index (χ4v) is 0.534. The van der Waals surface area contributed by atoms with Crippen molar-refractivity contribution in [3.05, 3.63) is 35.9 Å². The summed E-state index contributed by atoms with van der Waals surface area (Å²) in [5, 5.41) is 7.31. The van der Waals surface area contributed by atoms with Gasteiger partial charge in [0.2, 0.25) is 0 Å². The normalized spacial score (nSPS) is 10.1. The molecule has 0 saturated heterocycles. The van der Waals surface area contributed by atoms with E-state index in [9.17, 15) is 8.42 Å². The highest BCUT2D eigenvalue weighted by atomic mass is 32.2. The SMILES string of the molecule is Cc1ccccc1.O=S(=O)(O)NO. The zero-order valence-electron chi connectivity index (χ0n) is 7.01. The van der Waals surface area contributed by atoms with Crippen LogP contribution in [0.3, 0.4) is 0 Å². The number of nitrogens with one attached hydrogen (secondary N) is 1. The van der Waals surface area contributed by atoms with Crippen molar-refractivity contribution in [1.82, 2.24) is 4.89 Å². The molecule has 0 bridgehead atoms. The molecule has 3 N–H and O–H groups in total. The van der Waals surface area contributed by atoms with Crippen molar-refractivity contribution >= 4 is 10.3 Å². The molecule has 0 atom stereocenters. The maximum Gasteiger partial charge on any atom is 0.355 e. The predicted molar refractivity (Wildman–Crippen MR) is 47.6 cm³/mol. The summed E-state index contributed by atoms with van der Waals surface area (Å²) in [6.07, 6.45) is 0. The average molecular weight is 205 g/mol. The lowest BCUT2D eigenvalue weighted by molar-refractivity contribution is 0.226. The molecule has 0 spiro atoms. The third kappa shape index (κ3) is 8.96. The van der Waals surface area contributed by atoms with Crippen LogP contribution in [0.25, 0.3) is 0 Å². The highest BCUT2D eigenvalue weighted by Gasteiger charge is 1.93. The van der Waals surface area contributed by atoms with Crippen molar-refractivity contribution in [2.75, 3.05) is 0 Å². The van der Waals surface area contributed by atoms with Crippen LogP contribution in [0, 0.1) is 6.92 Å². The molecule has 0 aliphatic rings. The summed E-state index contributed by atoms with van der Waals surface area (Å²) in [6.45, 7) is 2.08. The van der Waals surface area contributed by atoms with Crippen LogP contribution < -0.4 is 4.89 Å². The van der Waals surface area contributed by atoms with Gasteiger partial charge in [0.25, 0.3) is 0 Å². The molecule has 0 fully saturated rings. The van der Waals surface area contributed by atoms with Crippen LogP contribution in [-0.2, 0) is 10.3 Å². The highest BCUT2D eigenvalue weighted by molar-refractivity contribution is 7.83. The van der Waals surface area contributed by atoms with E-state index in [0.717, 1.165) is 0 Å². The number of hydrogen-bond donors (Lipinski definition) is 3. The van der Waals surface area contributed by atoms with E-state index in [1.165, 1.54) is 5.56 Å².